The van der Waals surface area contributed by atoms with E-state index in [0.29, 0.717) is 24.4 Å². The summed E-state index contributed by atoms with van der Waals surface area (Å²) in [6.07, 6.45) is 4.69. The number of ether oxygens (including phenoxy) is 2. The zero-order valence-electron chi connectivity index (χ0n) is 24.0. The van der Waals surface area contributed by atoms with Crippen LogP contribution in [0.2, 0.25) is 18.1 Å². The Labute approximate surface area is 249 Å². The van der Waals surface area contributed by atoms with Crippen LogP contribution in [0.15, 0.2) is 41.8 Å². The van der Waals surface area contributed by atoms with Gasteiger partial charge in [0.15, 0.2) is 14.1 Å². The Balaban J connectivity index is 1.62. The van der Waals surface area contributed by atoms with Crippen LogP contribution in [0, 0.1) is 13.7 Å². The number of hydrogen-bond donors (Lipinski definition) is 0. The highest BCUT2D eigenvalue weighted by molar-refractivity contribution is 14.1. The molecule has 3 aromatic rings. The molecule has 0 saturated carbocycles. The first-order valence-corrected chi connectivity index (χ1v) is 17.1. The molecule has 13 heteroatoms. The van der Waals surface area contributed by atoms with Gasteiger partial charge in [-0.15, -0.1) is 0 Å². The maximum atomic E-state index is 11.5. The molecule has 1 unspecified atom stereocenters. The second-order valence-corrected chi connectivity index (χ2v) is 17.6. The van der Waals surface area contributed by atoms with Crippen molar-refractivity contribution < 1.29 is 18.8 Å². The molecule has 216 valence electrons. The van der Waals surface area contributed by atoms with Crippen LogP contribution < -0.4 is 0 Å². The molecule has 0 radical (unpaired) electrons. The average Bonchev–Trinajstić information content (AvgIpc) is 3.45. The molecule has 0 aliphatic carbocycles. The van der Waals surface area contributed by atoms with Gasteiger partial charge < -0.3 is 23.4 Å². The summed E-state index contributed by atoms with van der Waals surface area (Å²) in [5.41, 5.74) is 1.29. The third-order valence-electron chi connectivity index (χ3n) is 7.50. The van der Waals surface area contributed by atoms with Crippen LogP contribution in [0.25, 0.3) is 11.0 Å². The number of rotatable bonds is 10. The van der Waals surface area contributed by atoms with E-state index in [4.69, 9.17) is 13.9 Å². The fourth-order valence-corrected chi connectivity index (χ4v) is 6.02. The average molecular weight is 681 g/mol. The minimum Gasteiger partial charge on any atom is -0.414 e. The zero-order chi connectivity index (χ0) is 29.2. The summed E-state index contributed by atoms with van der Waals surface area (Å²) >= 11 is 2.27. The van der Waals surface area contributed by atoms with Crippen LogP contribution >= 0.6 is 22.6 Å². The van der Waals surface area contributed by atoms with E-state index < -0.39 is 8.32 Å². The predicted octanol–water partition coefficient (Wildman–Crippen LogP) is 6.06. The molecule has 1 aromatic carbocycles. The lowest BCUT2D eigenvalue weighted by atomic mass is 10.1. The van der Waals surface area contributed by atoms with Crippen molar-refractivity contribution in [2.75, 3.05) is 20.7 Å². The summed E-state index contributed by atoms with van der Waals surface area (Å²) in [5, 5.41) is 12.4. The maximum Gasteiger partial charge on any atom is 0.274 e. The van der Waals surface area contributed by atoms with Gasteiger partial charge in [0.2, 0.25) is 0 Å². The Hall–Kier alpha value is -2.46. The Morgan fingerprint density at radius 3 is 2.70 bits per heavy atom. The smallest absolute Gasteiger partial charge is 0.274 e. The highest BCUT2D eigenvalue weighted by atomic mass is 127. The largest absolute Gasteiger partial charge is 0.414 e. The lowest BCUT2D eigenvalue weighted by Gasteiger charge is -2.37. The Bertz CT molecular complexity index is 1390. The number of fused-ring (bicyclic) bond motifs is 1. The molecular weight excluding hydrogens is 643 g/mol. The fourth-order valence-electron chi connectivity index (χ4n) is 4.22. The summed E-state index contributed by atoms with van der Waals surface area (Å²) in [5.74, 6) is 0.585. The van der Waals surface area contributed by atoms with Crippen molar-refractivity contribution in [3.8, 4) is 0 Å². The zero-order valence-corrected chi connectivity index (χ0v) is 27.2. The Kier molecular flexibility index (Phi) is 9.29. The fraction of sp³-hybridized carbons (Fsp3) is 0.519. The van der Waals surface area contributed by atoms with Gasteiger partial charge in [-0.05, 0) is 46.8 Å². The minimum absolute atomic E-state index is 0.0408. The quantitative estimate of drug-likeness (QED) is 0.0634. The van der Waals surface area contributed by atoms with Gasteiger partial charge in [0.25, 0.3) is 5.69 Å². The molecule has 2 aromatic heterocycles. The van der Waals surface area contributed by atoms with Crippen molar-refractivity contribution in [3.05, 3.63) is 56.0 Å². The van der Waals surface area contributed by atoms with Crippen LogP contribution in [-0.4, -0.2) is 71.9 Å². The predicted molar refractivity (Wildman–Crippen MR) is 165 cm³/mol. The van der Waals surface area contributed by atoms with Crippen LogP contribution in [0.1, 0.15) is 39.0 Å². The number of aliphatic imine (C=N–C) groups is 1. The van der Waals surface area contributed by atoms with Gasteiger partial charge in [-0.2, -0.15) is 0 Å². The Morgan fingerprint density at radius 1 is 1.30 bits per heavy atom. The van der Waals surface area contributed by atoms with Crippen molar-refractivity contribution in [3.63, 3.8) is 0 Å². The first kappa shape index (κ1) is 30.5. The van der Waals surface area contributed by atoms with Crippen LogP contribution in [-0.2, 0) is 20.5 Å². The molecule has 11 nitrogen and oxygen atoms in total. The number of nitro groups is 1. The van der Waals surface area contributed by atoms with E-state index >= 15 is 0 Å². The molecule has 40 heavy (non-hydrogen) atoms. The van der Waals surface area contributed by atoms with Crippen molar-refractivity contribution in [2.24, 2.45) is 4.99 Å². The van der Waals surface area contributed by atoms with Gasteiger partial charge in [-0.3, -0.25) is 10.1 Å². The van der Waals surface area contributed by atoms with Gasteiger partial charge in [-0.25, -0.2) is 15.0 Å². The SMILES string of the molecule is CN(C)/C=N/c1ncnc2c1c(I)cn2[C@H]1CC(OCc2ccccc2[N+](=O)[O-])[C@@H](CO[Si](C)(C)C(C)(C)C)O1. The lowest BCUT2D eigenvalue weighted by molar-refractivity contribution is -0.386. The van der Waals surface area contributed by atoms with Crippen molar-refractivity contribution in [1.82, 2.24) is 19.4 Å². The summed E-state index contributed by atoms with van der Waals surface area (Å²) in [6, 6.07) is 6.65. The number of para-hydroxylation sites is 1. The highest BCUT2D eigenvalue weighted by Crippen LogP contribution is 2.40. The number of nitro benzene ring substituents is 1. The van der Waals surface area contributed by atoms with Gasteiger partial charge in [0.05, 0.1) is 41.5 Å². The molecule has 3 atom stereocenters. The summed E-state index contributed by atoms with van der Waals surface area (Å²) in [6.45, 7) is 11.5. The van der Waals surface area contributed by atoms with E-state index in [-0.39, 0.29) is 40.7 Å². The molecule has 1 aliphatic heterocycles. The molecule has 0 amide bonds. The second-order valence-electron chi connectivity index (χ2n) is 11.7. The lowest BCUT2D eigenvalue weighted by Crippen LogP contribution is -2.44. The maximum absolute atomic E-state index is 11.5. The third-order valence-corrected chi connectivity index (χ3v) is 12.8. The molecular formula is C27H37IN6O5Si. The number of halogens is 1. The van der Waals surface area contributed by atoms with E-state index in [9.17, 15) is 10.1 Å². The molecule has 0 bridgehead atoms. The van der Waals surface area contributed by atoms with Crippen LogP contribution in [0.4, 0.5) is 11.5 Å². The number of benzene rings is 1. The monoisotopic (exact) mass is 680 g/mol. The summed E-state index contributed by atoms with van der Waals surface area (Å²) < 4.78 is 22.4. The van der Waals surface area contributed by atoms with Gasteiger partial charge in [-0.1, -0.05) is 32.9 Å². The van der Waals surface area contributed by atoms with Gasteiger partial charge >= 0.3 is 0 Å². The number of nitrogens with zero attached hydrogens (tertiary/aromatic N) is 6. The van der Waals surface area contributed by atoms with E-state index in [2.05, 4.69) is 71.4 Å². The number of hydrogen-bond acceptors (Lipinski definition) is 8. The second kappa shape index (κ2) is 12.2. The molecule has 4 rings (SSSR count). The first-order chi connectivity index (χ1) is 18.8. The topological polar surface area (TPSA) is 117 Å². The van der Waals surface area contributed by atoms with E-state index in [1.54, 1.807) is 24.5 Å². The van der Waals surface area contributed by atoms with E-state index in [1.807, 2.05) is 29.8 Å². The van der Waals surface area contributed by atoms with Crippen molar-refractivity contribution in [1.29, 1.82) is 0 Å². The summed E-state index contributed by atoms with van der Waals surface area (Å²) in [4.78, 5) is 26.5. The molecule has 1 fully saturated rings. The third kappa shape index (κ3) is 6.70. The van der Waals surface area contributed by atoms with E-state index in [0.717, 1.165) is 14.6 Å². The van der Waals surface area contributed by atoms with Crippen molar-refractivity contribution >= 4 is 59.8 Å². The van der Waals surface area contributed by atoms with Crippen LogP contribution in [0.3, 0.4) is 0 Å². The molecule has 0 spiro atoms. The van der Waals surface area contributed by atoms with Gasteiger partial charge in [0, 0.05) is 36.3 Å². The molecule has 1 aliphatic rings. The molecule has 1 saturated heterocycles. The summed E-state index contributed by atoms with van der Waals surface area (Å²) in [7, 11) is 1.75. The standard InChI is InChI=1S/C27H37IN6O5Si/c1-27(2,3)40(6,7)38-15-22-21(37-14-18-10-8-9-11-20(18)34(35)36)12-23(39-22)33-13-19(28)24-25(31-17-32(4)5)29-16-30-26(24)33/h8-11,13,16-17,21-23H,12,14-15H2,1-7H3/b31-17+/t21?,22-,23-/m1/s1. The molecule has 3 heterocycles. The minimum atomic E-state index is -2.05. The van der Waals surface area contributed by atoms with Crippen molar-refractivity contribution in [2.45, 2.75) is 70.4 Å². The van der Waals surface area contributed by atoms with E-state index in [1.165, 1.54) is 12.4 Å². The van der Waals surface area contributed by atoms with Gasteiger partial charge in [0.1, 0.15) is 24.3 Å². The van der Waals surface area contributed by atoms with Crippen LogP contribution in [0.5, 0.6) is 0 Å². The highest BCUT2D eigenvalue weighted by Gasteiger charge is 2.42. The molecule has 0 N–H and O–H groups in total. The first-order valence-electron chi connectivity index (χ1n) is 13.1. The normalized spacial score (nSPS) is 20.1. The number of aromatic nitrogens is 3. The Morgan fingerprint density at radius 2 is 2.02 bits per heavy atom.